The second-order valence-electron chi connectivity index (χ2n) is 8.17. The third-order valence-corrected chi connectivity index (χ3v) is 5.92. The van der Waals surface area contributed by atoms with Crippen LogP contribution < -0.4 is 10.6 Å². The predicted molar refractivity (Wildman–Crippen MR) is 127 cm³/mol. The lowest BCUT2D eigenvalue weighted by molar-refractivity contribution is 0.134. The second-order valence-corrected chi connectivity index (χ2v) is 8.58. The van der Waals surface area contributed by atoms with Gasteiger partial charge in [-0.15, -0.1) is 0 Å². The van der Waals surface area contributed by atoms with E-state index >= 15 is 0 Å². The van der Waals surface area contributed by atoms with Crippen molar-refractivity contribution in [3.8, 4) is 28.4 Å². The van der Waals surface area contributed by atoms with Gasteiger partial charge < -0.3 is 15.3 Å². The molecular formula is C23H22ClN7O2. The first-order valence-electron chi connectivity index (χ1n) is 10.5. The molecule has 2 aromatic carbocycles. The average Bonchev–Trinajstić information content (AvgIpc) is 3.27. The van der Waals surface area contributed by atoms with Crippen LogP contribution in [-0.4, -0.2) is 62.9 Å². The number of benzene rings is 2. The van der Waals surface area contributed by atoms with Gasteiger partial charge in [-0.1, -0.05) is 41.9 Å². The fourth-order valence-corrected chi connectivity index (χ4v) is 4.27. The van der Waals surface area contributed by atoms with Crippen LogP contribution in [0.3, 0.4) is 0 Å². The van der Waals surface area contributed by atoms with Crippen molar-refractivity contribution < 1.29 is 9.90 Å². The molecule has 0 bridgehead atoms. The van der Waals surface area contributed by atoms with Gasteiger partial charge in [-0.2, -0.15) is 5.10 Å². The van der Waals surface area contributed by atoms with E-state index in [0.29, 0.717) is 40.0 Å². The summed E-state index contributed by atoms with van der Waals surface area (Å²) in [4.78, 5) is 23.6. The van der Waals surface area contributed by atoms with E-state index in [1.54, 1.807) is 12.3 Å². The van der Waals surface area contributed by atoms with Crippen molar-refractivity contribution in [1.29, 1.82) is 0 Å². The van der Waals surface area contributed by atoms with Crippen LogP contribution in [0, 0.1) is 5.92 Å². The Morgan fingerprint density at radius 1 is 1.18 bits per heavy atom. The lowest BCUT2D eigenvalue weighted by Gasteiger charge is -2.36. The third-order valence-electron chi connectivity index (χ3n) is 5.62. The van der Waals surface area contributed by atoms with Crippen LogP contribution in [0.15, 0.2) is 48.7 Å². The summed E-state index contributed by atoms with van der Waals surface area (Å²) in [6.07, 6.45) is 1.67. The Morgan fingerprint density at radius 2 is 1.94 bits per heavy atom. The first kappa shape index (κ1) is 21.2. The summed E-state index contributed by atoms with van der Waals surface area (Å²) in [7, 11) is 2.04. The molecule has 0 unspecified atom stereocenters. The molecule has 33 heavy (non-hydrogen) atoms. The standard InChI is InChI=1S/C23H22ClN7O2/c1-31-11-13(12-31)9-25-23(33)29-21-22(32)28-20(19(27-21)14-5-3-2-4-6-14)15-7-16-10-26-30-18(16)17(24)8-15/h2-8,10,13H,9,11-12H2,1H3,(H,26,30)(H,28,32)(H2,25,27,29,33). The molecule has 10 heteroatoms. The lowest BCUT2D eigenvalue weighted by atomic mass is 10.0. The molecule has 1 aliphatic rings. The first-order valence-corrected chi connectivity index (χ1v) is 10.9. The number of carbonyl (C=O) groups excluding carboxylic acids is 1. The number of aromatic amines is 1. The summed E-state index contributed by atoms with van der Waals surface area (Å²) in [6, 6.07) is 12.6. The van der Waals surface area contributed by atoms with Crippen LogP contribution in [0.25, 0.3) is 33.4 Å². The number of carbonyl (C=O) groups is 1. The number of urea groups is 1. The van der Waals surface area contributed by atoms with Crippen molar-refractivity contribution in [1.82, 2.24) is 30.4 Å². The van der Waals surface area contributed by atoms with Crippen molar-refractivity contribution in [2.45, 2.75) is 0 Å². The van der Waals surface area contributed by atoms with E-state index in [2.05, 4.69) is 35.7 Å². The Hall–Kier alpha value is -3.69. The Bertz CT molecular complexity index is 1320. The number of anilines is 1. The van der Waals surface area contributed by atoms with E-state index in [1.807, 2.05) is 43.4 Å². The smallest absolute Gasteiger partial charge is 0.320 e. The van der Waals surface area contributed by atoms with Gasteiger partial charge in [0.2, 0.25) is 0 Å². The van der Waals surface area contributed by atoms with Gasteiger partial charge in [-0.05, 0) is 19.2 Å². The van der Waals surface area contributed by atoms with Crippen LogP contribution in [0.5, 0.6) is 5.88 Å². The normalized spacial score (nSPS) is 14.2. The number of likely N-dealkylation sites (tertiary alicyclic amines) is 1. The molecule has 1 aliphatic heterocycles. The van der Waals surface area contributed by atoms with Crippen molar-refractivity contribution in [3.63, 3.8) is 0 Å². The molecule has 0 aliphatic carbocycles. The Morgan fingerprint density at radius 3 is 2.70 bits per heavy atom. The van der Waals surface area contributed by atoms with E-state index in [4.69, 9.17) is 11.6 Å². The van der Waals surface area contributed by atoms with Crippen LogP contribution in [0.1, 0.15) is 0 Å². The molecular weight excluding hydrogens is 442 g/mol. The van der Waals surface area contributed by atoms with Crippen molar-refractivity contribution in [2.75, 3.05) is 32.0 Å². The summed E-state index contributed by atoms with van der Waals surface area (Å²) < 4.78 is 0. The average molecular weight is 464 g/mol. The van der Waals surface area contributed by atoms with Crippen LogP contribution in [-0.2, 0) is 0 Å². The number of nitrogens with zero attached hydrogens (tertiary/aromatic N) is 4. The summed E-state index contributed by atoms with van der Waals surface area (Å²) in [5.74, 6) is 0.0215. The maximum Gasteiger partial charge on any atom is 0.320 e. The van der Waals surface area contributed by atoms with E-state index in [9.17, 15) is 9.90 Å². The highest BCUT2D eigenvalue weighted by molar-refractivity contribution is 6.35. The molecule has 5 rings (SSSR count). The van der Waals surface area contributed by atoms with Crippen molar-refractivity contribution in [2.24, 2.45) is 5.92 Å². The SMILES string of the molecule is CN1CC(CNC(=O)Nc2nc(-c3ccccc3)c(-c3cc(Cl)c4[nH]ncc4c3)nc2O)C1. The zero-order valence-corrected chi connectivity index (χ0v) is 18.6. The minimum Gasteiger partial charge on any atom is -0.491 e. The lowest BCUT2D eigenvalue weighted by Crippen LogP contribution is -2.49. The molecule has 4 N–H and O–H groups in total. The maximum atomic E-state index is 12.4. The van der Waals surface area contributed by atoms with Gasteiger partial charge in [0.15, 0.2) is 5.82 Å². The number of hydrogen-bond donors (Lipinski definition) is 4. The summed E-state index contributed by atoms with van der Waals surface area (Å²) in [5.41, 5.74) is 3.10. The topological polar surface area (TPSA) is 119 Å². The minimum atomic E-state index is -0.441. The largest absolute Gasteiger partial charge is 0.491 e. The van der Waals surface area contributed by atoms with Gasteiger partial charge in [-0.3, -0.25) is 10.4 Å². The fourth-order valence-electron chi connectivity index (χ4n) is 4.01. The first-order chi connectivity index (χ1) is 16.0. The van der Waals surface area contributed by atoms with E-state index in [1.165, 1.54) is 0 Å². The number of amides is 2. The van der Waals surface area contributed by atoms with Gasteiger partial charge in [-0.25, -0.2) is 14.8 Å². The highest BCUT2D eigenvalue weighted by Crippen LogP contribution is 2.36. The summed E-state index contributed by atoms with van der Waals surface area (Å²) in [6.45, 7) is 2.45. The van der Waals surface area contributed by atoms with Crippen LogP contribution in [0.2, 0.25) is 5.02 Å². The number of fused-ring (bicyclic) bond motifs is 1. The highest BCUT2D eigenvalue weighted by atomic mass is 35.5. The number of hydrogen-bond acceptors (Lipinski definition) is 6. The fraction of sp³-hybridized carbons (Fsp3) is 0.217. The van der Waals surface area contributed by atoms with Crippen molar-refractivity contribution in [3.05, 3.63) is 53.7 Å². The van der Waals surface area contributed by atoms with Gasteiger partial charge in [0.05, 0.1) is 22.4 Å². The Kier molecular flexibility index (Phi) is 5.57. The molecule has 9 nitrogen and oxygen atoms in total. The Labute approximate surface area is 194 Å². The minimum absolute atomic E-state index is 0.0173. The molecule has 3 heterocycles. The molecule has 1 fully saturated rings. The van der Waals surface area contributed by atoms with Crippen molar-refractivity contribution >= 4 is 34.4 Å². The van der Waals surface area contributed by atoms with Gasteiger partial charge in [0, 0.05) is 42.1 Å². The number of rotatable bonds is 5. The quantitative estimate of drug-likeness (QED) is 0.358. The molecule has 0 radical (unpaired) electrons. The molecule has 0 spiro atoms. The van der Waals surface area contributed by atoms with E-state index in [-0.39, 0.29) is 11.7 Å². The van der Waals surface area contributed by atoms with Crippen LogP contribution >= 0.6 is 11.6 Å². The highest BCUT2D eigenvalue weighted by Gasteiger charge is 2.24. The summed E-state index contributed by atoms with van der Waals surface area (Å²) >= 11 is 6.43. The monoisotopic (exact) mass is 463 g/mol. The maximum absolute atomic E-state index is 12.4. The van der Waals surface area contributed by atoms with Gasteiger partial charge >= 0.3 is 6.03 Å². The number of aromatic hydroxyl groups is 1. The third kappa shape index (κ3) is 4.33. The number of H-pyrrole nitrogens is 1. The number of aromatic nitrogens is 4. The molecule has 2 amide bonds. The van der Waals surface area contributed by atoms with Gasteiger partial charge in [0.1, 0.15) is 5.69 Å². The van der Waals surface area contributed by atoms with Gasteiger partial charge in [0.25, 0.3) is 5.88 Å². The molecule has 168 valence electrons. The second kappa shape index (κ2) is 8.68. The zero-order chi connectivity index (χ0) is 22.9. The molecule has 0 atom stereocenters. The number of nitrogens with one attached hydrogen (secondary N) is 3. The zero-order valence-electron chi connectivity index (χ0n) is 17.8. The molecule has 1 saturated heterocycles. The molecule has 2 aromatic heterocycles. The van der Waals surface area contributed by atoms with Crippen LogP contribution in [0.4, 0.5) is 10.6 Å². The predicted octanol–water partition coefficient (Wildman–Crippen LogP) is 3.73. The molecule has 4 aromatic rings. The molecule has 0 saturated carbocycles. The van der Waals surface area contributed by atoms with E-state index in [0.717, 1.165) is 24.0 Å². The summed E-state index contributed by atoms with van der Waals surface area (Å²) in [5, 5.41) is 24.2. The number of halogens is 1. The van der Waals surface area contributed by atoms with E-state index < -0.39 is 6.03 Å². The Balaban J connectivity index is 1.50.